The minimum Gasteiger partial charge on any atom is -0.389 e. The molecular weight excluding hydrogens is 190 g/mol. The largest absolute Gasteiger partial charge is 0.389 e. The van der Waals surface area contributed by atoms with Gasteiger partial charge in [-0.1, -0.05) is 20.3 Å². The maximum atomic E-state index is 10.9. The normalized spacial score (nSPS) is 27.7. The van der Waals surface area contributed by atoms with Gasteiger partial charge >= 0.3 is 0 Å². The third kappa shape index (κ3) is 3.28. The first kappa shape index (κ1) is 12.7. The van der Waals surface area contributed by atoms with Crippen molar-refractivity contribution in [1.82, 2.24) is 4.90 Å². The molecule has 0 radical (unpaired) electrons. The SMILES string of the molecule is CC(C)C(C)(O)CN1CCCCC1C=O. The van der Waals surface area contributed by atoms with Crippen LogP contribution in [0.2, 0.25) is 0 Å². The van der Waals surface area contributed by atoms with Crippen molar-refractivity contribution >= 4 is 6.29 Å². The van der Waals surface area contributed by atoms with Crippen LogP contribution in [0, 0.1) is 5.92 Å². The van der Waals surface area contributed by atoms with Gasteiger partial charge in [-0.05, 0) is 32.2 Å². The lowest BCUT2D eigenvalue weighted by Gasteiger charge is -2.39. The molecule has 15 heavy (non-hydrogen) atoms. The van der Waals surface area contributed by atoms with Gasteiger partial charge in [-0.15, -0.1) is 0 Å². The summed E-state index contributed by atoms with van der Waals surface area (Å²) in [6.45, 7) is 7.42. The van der Waals surface area contributed by atoms with Crippen LogP contribution in [-0.2, 0) is 4.79 Å². The van der Waals surface area contributed by atoms with Gasteiger partial charge in [0.1, 0.15) is 6.29 Å². The molecule has 1 N–H and O–H groups in total. The molecule has 88 valence electrons. The van der Waals surface area contributed by atoms with Crippen molar-refractivity contribution in [3.8, 4) is 0 Å². The molecule has 0 aromatic carbocycles. The summed E-state index contributed by atoms with van der Waals surface area (Å²) in [5.74, 6) is 0.215. The van der Waals surface area contributed by atoms with E-state index in [-0.39, 0.29) is 12.0 Å². The highest BCUT2D eigenvalue weighted by atomic mass is 16.3. The standard InChI is InChI=1S/C12H23NO2/c1-10(2)12(3,15)9-13-7-5-4-6-11(13)8-14/h8,10-11,15H,4-7,9H2,1-3H3. The number of piperidine rings is 1. The molecule has 0 aromatic rings. The number of nitrogens with zero attached hydrogens (tertiary/aromatic N) is 1. The summed E-state index contributed by atoms with van der Waals surface area (Å²) in [5.41, 5.74) is -0.696. The molecule has 3 heteroatoms. The van der Waals surface area contributed by atoms with Crippen molar-refractivity contribution in [2.75, 3.05) is 13.1 Å². The van der Waals surface area contributed by atoms with Crippen LogP contribution >= 0.6 is 0 Å². The van der Waals surface area contributed by atoms with Crippen LogP contribution in [0.15, 0.2) is 0 Å². The zero-order valence-electron chi connectivity index (χ0n) is 10.1. The Morgan fingerprint density at radius 3 is 2.73 bits per heavy atom. The van der Waals surface area contributed by atoms with Crippen LogP contribution in [0.3, 0.4) is 0 Å². The number of hydrogen-bond donors (Lipinski definition) is 1. The Hall–Kier alpha value is -0.410. The van der Waals surface area contributed by atoms with Crippen LogP contribution in [0.1, 0.15) is 40.0 Å². The lowest BCUT2D eigenvalue weighted by atomic mass is 9.90. The van der Waals surface area contributed by atoms with Gasteiger partial charge in [0.15, 0.2) is 0 Å². The number of β-amino-alcohol motifs (C(OH)–C–C–N with tert-alkyl or cyclic N) is 1. The number of carbonyl (C=O) groups is 1. The molecule has 1 rings (SSSR count). The molecule has 2 atom stereocenters. The van der Waals surface area contributed by atoms with Crippen LogP contribution in [0.25, 0.3) is 0 Å². The predicted molar refractivity (Wildman–Crippen MR) is 60.7 cm³/mol. The van der Waals surface area contributed by atoms with E-state index in [0.29, 0.717) is 6.54 Å². The van der Waals surface area contributed by atoms with Crippen molar-refractivity contribution in [3.63, 3.8) is 0 Å². The second kappa shape index (κ2) is 5.08. The third-order valence-electron chi connectivity index (χ3n) is 3.59. The van der Waals surface area contributed by atoms with E-state index in [2.05, 4.69) is 4.90 Å². The smallest absolute Gasteiger partial charge is 0.137 e. The summed E-state index contributed by atoms with van der Waals surface area (Å²) in [5, 5.41) is 10.2. The fourth-order valence-corrected chi connectivity index (χ4v) is 1.96. The number of hydrogen-bond acceptors (Lipinski definition) is 3. The molecule has 3 nitrogen and oxygen atoms in total. The Bertz CT molecular complexity index is 214. The van der Waals surface area contributed by atoms with Gasteiger partial charge in [-0.3, -0.25) is 4.90 Å². The predicted octanol–water partition coefficient (Wildman–Crippen LogP) is 1.45. The molecule has 1 saturated heterocycles. The molecule has 0 aromatic heterocycles. The molecule has 1 fully saturated rings. The van der Waals surface area contributed by atoms with Crippen molar-refractivity contribution < 1.29 is 9.90 Å². The monoisotopic (exact) mass is 213 g/mol. The van der Waals surface area contributed by atoms with Crippen molar-refractivity contribution in [2.24, 2.45) is 5.92 Å². The van der Waals surface area contributed by atoms with E-state index in [9.17, 15) is 9.90 Å². The Morgan fingerprint density at radius 1 is 1.53 bits per heavy atom. The summed E-state index contributed by atoms with van der Waals surface area (Å²) in [7, 11) is 0. The average molecular weight is 213 g/mol. The minimum absolute atomic E-state index is 0.0176. The summed E-state index contributed by atoms with van der Waals surface area (Å²) in [4.78, 5) is 13.0. The maximum absolute atomic E-state index is 10.9. The Kier molecular flexibility index (Phi) is 4.29. The number of rotatable bonds is 4. The maximum Gasteiger partial charge on any atom is 0.137 e. The van der Waals surface area contributed by atoms with Crippen molar-refractivity contribution in [3.05, 3.63) is 0 Å². The lowest BCUT2D eigenvalue weighted by Crippen LogP contribution is -2.50. The van der Waals surface area contributed by atoms with Gasteiger partial charge in [0.2, 0.25) is 0 Å². The highest BCUT2D eigenvalue weighted by Crippen LogP contribution is 2.22. The van der Waals surface area contributed by atoms with Gasteiger partial charge in [0.25, 0.3) is 0 Å². The summed E-state index contributed by atoms with van der Waals surface area (Å²) in [6, 6.07) is 0.0176. The van der Waals surface area contributed by atoms with Gasteiger partial charge < -0.3 is 9.90 Å². The first-order chi connectivity index (χ1) is 6.97. The molecule has 0 bridgehead atoms. The molecular formula is C12H23NO2. The van der Waals surface area contributed by atoms with Crippen molar-refractivity contribution in [1.29, 1.82) is 0 Å². The van der Waals surface area contributed by atoms with Crippen molar-refractivity contribution in [2.45, 2.75) is 51.7 Å². The molecule has 2 unspecified atom stereocenters. The Labute approximate surface area is 92.5 Å². The van der Waals surface area contributed by atoms with Gasteiger partial charge in [0, 0.05) is 6.54 Å². The Morgan fingerprint density at radius 2 is 2.20 bits per heavy atom. The van der Waals surface area contributed by atoms with Gasteiger partial charge in [0.05, 0.1) is 11.6 Å². The van der Waals surface area contributed by atoms with Gasteiger partial charge in [-0.2, -0.15) is 0 Å². The number of aldehydes is 1. The molecule has 0 saturated carbocycles. The highest BCUT2D eigenvalue weighted by Gasteiger charge is 2.31. The van der Waals surface area contributed by atoms with Gasteiger partial charge in [-0.25, -0.2) is 0 Å². The van der Waals surface area contributed by atoms with Crippen LogP contribution in [0.5, 0.6) is 0 Å². The number of likely N-dealkylation sites (tertiary alicyclic amines) is 1. The molecule has 1 aliphatic heterocycles. The summed E-state index contributed by atoms with van der Waals surface area (Å²) < 4.78 is 0. The van der Waals surface area contributed by atoms with E-state index >= 15 is 0 Å². The highest BCUT2D eigenvalue weighted by molar-refractivity contribution is 5.57. The number of aliphatic hydroxyl groups is 1. The van der Waals surface area contributed by atoms with E-state index in [1.54, 1.807) is 0 Å². The zero-order chi connectivity index (χ0) is 11.5. The fraction of sp³-hybridized carbons (Fsp3) is 0.917. The molecule has 1 heterocycles. The zero-order valence-corrected chi connectivity index (χ0v) is 10.1. The molecule has 0 spiro atoms. The third-order valence-corrected chi connectivity index (χ3v) is 3.59. The Balaban J connectivity index is 2.58. The van der Waals surface area contributed by atoms with Crippen LogP contribution < -0.4 is 0 Å². The fourth-order valence-electron chi connectivity index (χ4n) is 1.96. The van der Waals surface area contributed by atoms with Crippen LogP contribution in [0.4, 0.5) is 0 Å². The first-order valence-electron chi connectivity index (χ1n) is 5.89. The number of carbonyl (C=O) groups excluding carboxylic acids is 1. The second-order valence-electron chi connectivity index (χ2n) is 5.18. The van der Waals surface area contributed by atoms with E-state index in [0.717, 1.165) is 32.1 Å². The molecule has 1 aliphatic rings. The molecule has 0 amide bonds. The van der Waals surface area contributed by atoms with E-state index in [1.165, 1.54) is 0 Å². The molecule has 0 aliphatic carbocycles. The van der Waals surface area contributed by atoms with E-state index in [4.69, 9.17) is 0 Å². The quantitative estimate of drug-likeness (QED) is 0.719. The summed E-state index contributed by atoms with van der Waals surface area (Å²) in [6.07, 6.45) is 4.23. The summed E-state index contributed by atoms with van der Waals surface area (Å²) >= 11 is 0. The first-order valence-corrected chi connectivity index (χ1v) is 5.89. The second-order valence-corrected chi connectivity index (χ2v) is 5.18. The van der Waals surface area contributed by atoms with Crippen LogP contribution in [-0.4, -0.2) is 41.0 Å². The average Bonchev–Trinajstić information content (AvgIpc) is 2.18. The van der Waals surface area contributed by atoms with E-state index in [1.807, 2.05) is 20.8 Å². The lowest BCUT2D eigenvalue weighted by molar-refractivity contribution is -0.115. The van der Waals surface area contributed by atoms with E-state index < -0.39 is 5.60 Å². The minimum atomic E-state index is -0.696. The topological polar surface area (TPSA) is 40.5 Å².